The largest absolute Gasteiger partial charge is 0.467 e. The van der Waals surface area contributed by atoms with Crippen molar-refractivity contribution in [3.63, 3.8) is 0 Å². The molecule has 2 aromatic heterocycles. The maximum Gasteiger partial charge on any atom is 0.261 e. The molecule has 1 N–H and O–H groups in total. The Morgan fingerprint density at radius 3 is 2.69 bits per heavy atom. The Morgan fingerprint density at radius 2 is 2.04 bits per heavy atom. The van der Waals surface area contributed by atoms with E-state index in [0.717, 1.165) is 29.7 Å². The van der Waals surface area contributed by atoms with Gasteiger partial charge < -0.3 is 14.3 Å². The summed E-state index contributed by atoms with van der Waals surface area (Å²) in [6, 6.07) is 15.1. The van der Waals surface area contributed by atoms with Crippen LogP contribution in [0.5, 0.6) is 0 Å². The van der Waals surface area contributed by atoms with Crippen LogP contribution in [-0.4, -0.2) is 21.8 Å². The smallest absolute Gasteiger partial charge is 0.261 e. The Balaban J connectivity index is 1.62. The predicted molar refractivity (Wildman–Crippen MR) is 98.8 cm³/mol. The summed E-state index contributed by atoms with van der Waals surface area (Å²) in [4.78, 5) is 30.1. The number of aryl methyl sites for hydroxylation is 1. The second-order valence-corrected chi connectivity index (χ2v) is 6.73. The maximum atomic E-state index is 12.9. The first-order valence-corrected chi connectivity index (χ1v) is 8.75. The Morgan fingerprint density at radius 1 is 1.19 bits per heavy atom. The van der Waals surface area contributed by atoms with Crippen molar-refractivity contribution < 1.29 is 9.21 Å². The van der Waals surface area contributed by atoms with E-state index in [1.807, 2.05) is 37.3 Å². The molecular weight excluding hydrogens is 328 g/mol. The number of benzene rings is 1. The van der Waals surface area contributed by atoms with Gasteiger partial charge in [0.15, 0.2) is 0 Å². The van der Waals surface area contributed by atoms with E-state index in [1.165, 1.54) is 0 Å². The number of hydrogen-bond donors (Lipinski definition) is 1. The monoisotopic (exact) mass is 348 g/mol. The SMILES string of the molecule is Cc1cccc(-c2ccc(C(=O)N(Cc3ccco3)C3CC3)c(=O)[nH]2)c1. The summed E-state index contributed by atoms with van der Waals surface area (Å²) in [7, 11) is 0. The van der Waals surface area contributed by atoms with Gasteiger partial charge in [0, 0.05) is 11.7 Å². The molecule has 1 amide bonds. The fourth-order valence-corrected chi connectivity index (χ4v) is 3.10. The zero-order valence-electron chi connectivity index (χ0n) is 14.6. The van der Waals surface area contributed by atoms with E-state index in [2.05, 4.69) is 4.98 Å². The summed E-state index contributed by atoms with van der Waals surface area (Å²) in [5, 5.41) is 0. The first-order valence-electron chi connectivity index (χ1n) is 8.75. The third-order valence-electron chi connectivity index (χ3n) is 4.62. The highest BCUT2D eigenvalue weighted by atomic mass is 16.3. The number of hydrogen-bond acceptors (Lipinski definition) is 3. The lowest BCUT2D eigenvalue weighted by Crippen LogP contribution is -2.36. The molecule has 0 saturated heterocycles. The van der Waals surface area contributed by atoms with E-state index < -0.39 is 0 Å². The molecule has 0 bridgehead atoms. The van der Waals surface area contributed by atoms with Crippen LogP contribution in [0.4, 0.5) is 0 Å². The summed E-state index contributed by atoms with van der Waals surface area (Å²) >= 11 is 0. The predicted octanol–water partition coefficient (Wildman–Crippen LogP) is 3.75. The number of aromatic amines is 1. The number of aromatic nitrogens is 1. The van der Waals surface area contributed by atoms with Crippen molar-refractivity contribution in [2.45, 2.75) is 32.4 Å². The highest BCUT2D eigenvalue weighted by Gasteiger charge is 2.34. The molecule has 0 spiro atoms. The second-order valence-electron chi connectivity index (χ2n) is 6.73. The molecule has 0 radical (unpaired) electrons. The number of carbonyl (C=O) groups is 1. The number of pyridine rings is 1. The van der Waals surface area contributed by atoms with E-state index in [-0.39, 0.29) is 23.1 Å². The van der Waals surface area contributed by atoms with E-state index in [1.54, 1.807) is 29.4 Å². The molecule has 1 aliphatic carbocycles. The van der Waals surface area contributed by atoms with Gasteiger partial charge in [-0.25, -0.2) is 0 Å². The Bertz CT molecular complexity index is 984. The fraction of sp³-hybridized carbons (Fsp3) is 0.238. The third kappa shape index (κ3) is 3.33. The van der Waals surface area contributed by atoms with Crippen LogP contribution in [-0.2, 0) is 6.54 Å². The second kappa shape index (κ2) is 6.67. The number of H-pyrrole nitrogens is 1. The van der Waals surface area contributed by atoms with Gasteiger partial charge in [0.05, 0.1) is 12.8 Å². The van der Waals surface area contributed by atoms with Crippen molar-refractivity contribution in [1.29, 1.82) is 0 Å². The molecule has 5 nitrogen and oxygen atoms in total. The lowest BCUT2D eigenvalue weighted by atomic mass is 10.1. The minimum Gasteiger partial charge on any atom is -0.467 e. The van der Waals surface area contributed by atoms with Gasteiger partial charge in [-0.15, -0.1) is 0 Å². The van der Waals surface area contributed by atoms with Gasteiger partial charge in [-0.2, -0.15) is 0 Å². The van der Waals surface area contributed by atoms with E-state index in [9.17, 15) is 9.59 Å². The van der Waals surface area contributed by atoms with Crippen molar-refractivity contribution in [1.82, 2.24) is 9.88 Å². The molecular formula is C21H20N2O3. The van der Waals surface area contributed by atoms with Crippen LogP contribution >= 0.6 is 0 Å². The quantitative estimate of drug-likeness (QED) is 0.764. The van der Waals surface area contributed by atoms with Gasteiger partial charge in [-0.3, -0.25) is 9.59 Å². The molecule has 1 fully saturated rings. The summed E-state index contributed by atoms with van der Waals surface area (Å²) < 4.78 is 5.37. The zero-order valence-corrected chi connectivity index (χ0v) is 14.6. The number of amides is 1. The molecule has 0 unspecified atom stereocenters. The minimum atomic E-state index is -0.362. The molecule has 4 rings (SSSR count). The Hall–Kier alpha value is -3.08. The van der Waals surface area contributed by atoms with Crippen LogP contribution in [0.2, 0.25) is 0 Å². The van der Waals surface area contributed by atoms with Gasteiger partial charge >= 0.3 is 0 Å². The molecule has 132 valence electrons. The molecule has 2 heterocycles. The first-order chi connectivity index (χ1) is 12.6. The lowest BCUT2D eigenvalue weighted by molar-refractivity contribution is 0.0715. The third-order valence-corrected chi connectivity index (χ3v) is 4.62. The molecule has 3 aromatic rings. The van der Waals surface area contributed by atoms with Crippen molar-refractivity contribution in [2.75, 3.05) is 0 Å². The highest BCUT2D eigenvalue weighted by molar-refractivity contribution is 5.94. The highest BCUT2D eigenvalue weighted by Crippen LogP contribution is 2.29. The fourth-order valence-electron chi connectivity index (χ4n) is 3.10. The van der Waals surface area contributed by atoms with Crippen LogP contribution < -0.4 is 5.56 Å². The van der Waals surface area contributed by atoms with E-state index in [4.69, 9.17) is 4.42 Å². The summed E-state index contributed by atoms with van der Waals surface area (Å²) in [5.41, 5.74) is 2.55. The van der Waals surface area contributed by atoms with Crippen LogP contribution in [0.25, 0.3) is 11.3 Å². The van der Waals surface area contributed by atoms with Gasteiger partial charge in [0.25, 0.3) is 11.5 Å². The summed E-state index contributed by atoms with van der Waals surface area (Å²) in [5.74, 6) is 0.471. The Kier molecular flexibility index (Phi) is 4.21. The number of carbonyl (C=O) groups excluding carboxylic acids is 1. The molecule has 1 aromatic carbocycles. The van der Waals surface area contributed by atoms with E-state index >= 15 is 0 Å². The normalized spacial score (nSPS) is 13.6. The zero-order chi connectivity index (χ0) is 18.1. The topological polar surface area (TPSA) is 66.3 Å². The lowest BCUT2D eigenvalue weighted by Gasteiger charge is -2.21. The molecule has 1 aliphatic rings. The Labute approximate surface area is 151 Å². The van der Waals surface area contributed by atoms with E-state index in [0.29, 0.717) is 12.2 Å². The number of furan rings is 1. The van der Waals surface area contributed by atoms with Crippen molar-refractivity contribution in [2.24, 2.45) is 0 Å². The molecule has 26 heavy (non-hydrogen) atoms. The van der Waals surface area contributed by atoms with Gasteiger partial charge in [-0.05, 0) is 55.7 Å². The van der Waals surface area contributed by atoms with Gasteiger partial charge in [0.2, 0.25) is 0 Å². The van der Waals surface area contributed by atoms with Crippen LogP contribution in [0.1, 0.15) is 34.5 Å². The summed E-state index contributed by atoms with van der Waals surface area (Å²) in [6.45, 7) is 2.39. The first kappa shape index (κ1) is 16.4. The summed E-state index contributed by atoms with van der Waals surface area (Å²) in [6.07, 6.45) is 3.52. The van der Waals surface area contributed by atoms with Crippen molar-refractivity contribution in [3.8, 4) is 11.3 Å². The average molecular weight is 348 g/mol. The molecule has 1 saturated carbocycles. The van der Waals surface area contributed by atoms with Crippen LogP contribution in [0.15, 0.2) is 64.0 Å². The number of nitrogens with zero attached hydrogens (tertiary/aromatic N) is 1. The van der Waals surface area contributed by atoms with Crippen molar-refractivity contribution >= 4 is 5.91 Å². The maximum absolute atomic E-state index is 12.9. The molecule has 0 atom stereocenters. The van der Waals surface area contributed by atoms with Gasteiger partial charge in [-0.1, -0.05) is 23.8 Å². The number of nitrogens with one attached hydrogen (secondary N) is 1. The van der Waals surface area contributed by atoms with Gasteiger partial charge in [0.1, 0.15) is 11.3 Å². The number of rotatable bonds is 5. The standard InChI is InChI=1S/C21H20N2O3/c1-14-4-2-5-15(12-14)19-10-9-18(20(24)22-19)21(25)23(16-7-8-16)13-17-6-3-11-26-17/h2-6,9-12,16H,7-8,13H2,1H3,(H,22,24). The molecule has 5 heteroatoms. The van der Waals surface area contributed by atoms with Crippen LogP contribution in [0.3, 0.4) is 0 Å². The minimum absolute atomic E-state index is 0.167. The van der Waals surface area contributed by atoms with Crippen molar-refractivity contribution in [3.05, 3.63) is 82.0 Å². The average Bonchev–Trinajstić information content (AvgIpc) is 3.35. The molecule has 0 aliphatic heterocycles. The van der Waals surface area contributed by atoms with Crippen LogP contribution in [0, 0.1) is 6.92 Å².